The molecule has 0 saturated carbocycles. The van der Waals surface area contributed by atoms with Crippen molar-refractivity contribution in [2.45, 2.75) is 39.7 Å². The normalized spacial score (nSPS) is 17.1. The quantitative estimate of drug-likeness (QED) is 0.832. The van der Waals surface area contributed by atoms with Crippen LogP contribution < -0.4 is 5.32 Å². The Balaban J connectivity index is 1.81. The minimum atomic E-state index is 0.476. The predicted octanol–water partition coefficient (Wildman–Crippen LogP) is 4.84. The summed E-state index contributed by atoms with van der Waals surface area (Å²) in [5, 5.41) is 4.57. The van der Waals surface area contributed by atoms with Gasteiger partial charge in [0.15, 0.2) is 0 Å². The van der Waals surface area contributed by atoms with Crippen molar-refractivity contribution in [2.24, 2.45) is 0 Å². The van der Waals surface area contributed by atoms with Crippen LogP contribution in [0.2, 0.25) is 5.02 Å². The predicted molar refractivity (Wildman–Crippen MR) is 86.9 cm³/mol. The van der Waals surface area contributed by atoms with Crippen molar-refractivity contribution in [1.29, 1.82) is 0 Å². The molecule has 0 aliphatic heterocycles. The Morgan fingerprint density at radius 1 is 0.950 bits per heavy atom. The van der Waals surface area contributed by atoms with Gasteiger partial charge in [-0.05, 0) is 68.0 Å². The van der Waals surface area contributed by atoms with Gasteiger partial charge in [-0.2, -0.15) is 0 Å². The maximum absolute atomic E-state index is 6.08. The molecule has 0 bridgehead atoms. The van der Waals surface area contributed by atoms with Gasteiger partial charge in [0.1, 0.15) is 0 Å². The standard InChI is InChI=1S/C18H20ClN/c1-11-6-12(2)18(13(3)7-11)20-17-9-14-4-5-16(19)8-15(14)10-17/h4-8,17,20H,9-10H2,1-3H3. The molecule has 0 spiro atoms. The van der Waals surface area contributed by atoms with Crippen molar-refractivity contribution in [3.05, 3.63) is 63.2 Å². The lowest BCUT2D eigenvalue weighted by Crippen LogP contribution is -2.20. The lowest BCUT2D eigenvalue weighted by molar-refractivity contribution is 0.772. The fraction of sp³-hybridized carbons (Fsp3) is 0.333. The Labute approximate surface area is 126 Å². The molecule has 2 aromatic carbocycles. The highest BCUT2D eigenvalue weighted by Gasteiger charge is 2.22. The van der Waals surface area contributed by atoms with Crippen molar-refractivity contribution >= 4 is 17.3 Å². The van der Waals surface area contributed by atoms with Crippen LogP contribution in [0.1, 0.15) is 27.8 Å². The number of fused-ring (bicyclic) bond motifs is 1. The molecule has 1 N–H and O–H groups in total. The lowest BCUT2D eigenvalue weighted by Gasteiger charge is -2.18. The number of aryl methyl sites for hydroxylation is 3. The smallest absolute Gasteiger partial charge is 0.0408 e. The molecule has 20 heavy (non-hydrogen) atoms. The van der Waals surface area contributed by atoms with E-state index in [1.54, 1.807) is 0 Å². The van der Waals surface area contributed by atoms with E-state index in [2.05, 4.69) is 50.4 Å². The molecule has 1 atom stereocenters. The van der Waals surface area contributed by atoms with Crippen LogP contribution in [-0.2, 0) is 12.8 Å². The number of nitrogens with one attached hydrogen (secondary N) is 1. The van der Waals surface area contributed by atoms with Crippen molar-refractivity contribution in [1.82, 2.24) is 0 Å². The topological polar surface area (TPSA) is 12.0 Å². The zero-order valence-corrected chi connectivity index (χ0v) is 13.0. The van der Waals surface area contributed by atoms with Gasteiger partial charge in [-0.25, -0.2) is 0 Å². The average Bonchev–Trinajstić information content (AvgIpc) is 2.75. The second-order valence-electron chi connectivity index (χ2n) is 5.94. The number of halogens is 1. The van der Waals surface area contributed by atoms with Crippen LogP contribution in [0.5, 0.6) is 0 Å². The highest BCUT2D eigenvalue weighted by Crippen LogP contribution is 2.29. The largest absolute Gasteiger partial charge is 0.381 e. The summed E-state index contributed by atoms with van der Waals surface area (Å²) in [6.07, 6.45) is 2.14. The molecule has 1 aliphatic carbocycles. The second-order valence-corrected chi connectivity index (χ2v) is 6.37. The summed E-state index contributed by atoms with van der Waals surface area (Å²) < 4.78 is 0. The Kier molecular flexibility index (Phi) is 3.47. The van der Waals surface area contributed by atoms with E-state index in [-0.39, 0.29) is 0 Å². The van der Waals surface area contributed by atoms with Gasteiger partial charge in [0, 0.05) is 16.8 Å². The number of rotatable bonds is 2. The third kappa shape index (κ3) is 2.55. The first-order valence-electron chi connectivity index (χ1n) is 7.14. The van der Waals surface area contributed by atoms with E-state index in [1.165, 1.54) is 33.5 Å². The Morgan fingerprint density at radius 2 is 1.60 bits per heavy atom. The third-order valence-electron chi connectivity index (χ3n) is 4.13. The van der Waals surface area contributed by atoms with E-state index < -0.39 is 0 Å². The first-order valence-corrected chi connectivity index (χ1v) is 7.52. The fourth-order valence-electron chi connectivity index (χ4n) is 3.30. The summed E-state index contributed by atoms with van der Waals surface area (Å²) in [7, 11) is 0. The van der Waals surface area contributed by atoms with Crippen molar-refractivity contribution in [2.75, 3.05) is 5.32 Å². The molecule has 2 aromatic rings. The average molecular weight is 286 g/mol. The molecule has 1 aliphatic rings. The summed E-state index contributed by atoms with van der Waals surface area (Å²) in [4.78, 5) is 0. The summed E-state index contributed by atoms with van der Waals surface area (Å²) >= 11 is 6.08. The molecule has 0 radical (unpaired) electrons. The van der Waals surface area contributed by atoms with E-state index in [0.29, 0.717) is 6.04 Å². The fourth-order valence-corrected chi connectivity index (χ4v) is 3.50. The molecule has 1 nitrogen and oxygen atoms in total. The second kappa shape index (κ2) is 5.14. The van der Waals surface area contributed by atoms with E-state index in [9.17, 15) is 0 Å². The van der Waals surface area contributed by atoms with Gasteiger partial charge in [0.2, 0.25) is 0 Å². The first kappa shape index (κ1) is 13.5. The lowest BCUT2D eigenvalue weighted by atomic mass is 10.0. The molecule has 0 saturated heterocycles. The van der Waals surface area contributed by atoms with E-state index in [0.717, 1.165) is 17.9 Å². The molecular weight excluding hydrogens is 266 g/mol. The zero-order valence-electron chi connectivity index (χ0n) is 12.3. The third-order valence-corrected chi connectivity index (χ3v) is 4.36. The highest BCUT2D eigenvalue weighted by atomic mass is 35.5. The van der Waals surface area contributed by atoms with Gasteiger partial charge < -0.3 is 5.32 Å². The molecule has 0 heterocycles. The zero-order chi connectivity index (χ0) is 14.3. The molecule has 0 amide bonds. The molecule has 0 aromatic heterocycles. The van der Waals surface area contributed by atoms with E-state index >= 15 is 0 Å². The van der Waals surface area contributed by atoms with Crippen LogP contribution in [0, 0.1) is 20.8 Å². The molecule has 0 fully saturated rings. The van der Waals surface area contributed by atoms with Crippen LogP contribution in [0.4, 0.5) is 5.69 Å². The van der Waals surface area contributed by atoms with Gasteiger partial charge in [0.05, 0.1) is 0 Å². The number of benzene rings is 2. The first-order chi connectivity index (χ1) is 9.52. The van der Waals surface area contributed by atoms with Crippen LogP contribution in [-0.4, -0.2) is 6.04 Å². The van der Waals surface area contributed by atoms with Gasteiger partial charge >= 0.3 is 0 Å². The molecule has 104 valence electrons. The molecule has 2 heteroatoms. The molecular formula is C18H20ClN. The van der Waals surface area contributed by atoms with Crippen LogP contribution >= 0.6 is 11.6 Å². The maximum atomic E-state index is 6.08. The molecule has 1 unspecified atom stereocenters. The van der Waals surface area contributed by atoms with Crippen molar-refractivity contribution < 1.29 is 0 Å². The monoisotopic (exact) mass is 285 g/mol. The highest BCUT2D eigenvalue weighted by molar-refractivity contribution is 6.30. The SMILES string of the molecule is Cc1cc(C)c(NC2Cc3ccc(Cl)cc3C2)c(C)c1. The van der Waals surface area contributed by atoms with Crippen molar-refractivity contribution in [3.63, 3.8) is 0 Å². The Bertz CT molecular complexity index is 637. The van der Waals surface area contributed by atoms with Crippen LogP contribution in [0.25, 0.3) is 0 Å². The summed E-state index contributed by atoms with van der Waals surface area (Å²) in [5.74, 6) is 0. The minimum Gasteiger partial charge on any atom is -0.381 e. The molecule has 3 rings (SSSR count). The summed E-state index contributed by atoms with van der Waals surface area (Å²) in [5.41, 5.74) is 8.09. The number of hydrogen-bond donors (Lipinski definition) is 1. The number of anilines is 1. The van der Waals surface area contributed by atoms with E-state index in [4.69, 9.17) is 11.6 Å². The number of hydrogen-bond acceptors (Lipinski definition) is 1. The summed E-state index contributed by atoms with van der Waals surface area (Å²) in [6, 6.07) is 11.2. The van der Waals surface area contributed by atoms with Crippen LogP contribution in [0.3, 0.4) is 0 Å². The van der Waals surface area contributed by atoms with Gasteiger partial charge in [-0.3, -0.25) is 0 Å². The van der Waals surface area contributed by atoms with Crippen LogP contribution in [0.15, 0.2) is 30.3 Å². The Hall–Kier alpha value is -1.47. The van der Waals surface area contributed by atoms with Crippen molar-refractivity contribution in [3.8, 4) is 0 Å². The maximum Gasteiger partial charge on any atom is 0.0408 e. The van der Waals surface area contributed by atoms with Gasteiger partial charge in [0.25, 0.3) is 0 Å². The minimum absolute atomic E-state index is 0.476. The van der Waals surface area contributed by atoms with E-state index in [1.807, 2.05) is 6.07 Å². The van der Waals surface area contributed by atoms with Gasteiger partial charge in [-0.15, -0.1) is 0 Å². The Morgan fingerprint density at radius 3 is 2.30 bits per heavy atom. The summed E-state index contributed by atoms with van der Waals surface area (Å²) in [6.45, 7) is 6.51. The van der Waals surface area contributed by atoms with Gasteiger partial charge in [-0.1, -0.05) is 35.4 Å².